The van der Waals surface area contributed by atoms with Gasteiger partial charge in [-0.25, -0.2) is 12.8 Å². The van der Waals surface area contributed by atoms with Crippen molar-refractivity contribution in [1.82, 2.24) is 0 Å². The third kappa shape index (κ3) is 2.96. The first-order valence-electron chi connectivity index (χ1n) is 5.65. The number of benzene rings is 1. The van der Waals surface area contributed by atoms with E-state index in [1.807, 2.05) is 6.92 Å². The molecule has 0 fully saturated rings. The molecule has 0 aliphatic rings. The van der Waals surface area contributed by atoms with Gasteiger partial charge < -0.3 is 0 Å². The highest BCUT2D eigenvalue weighted by Crippen LogP contribution is 2.27. The van der Waals surface area contributed by atoms with Gasteiger partial charge in [0, 0.05) is 9.75 Å². The van der Waals surface area contributed by atoms with Gasteiger partial charge in [0.15, 0.2) is 0 Å². The van der Waals surface area contributed by atoms with E-state index in [9.17, 15) is 12.8 Å². The van der Waals surface area contributed by atoms with Gasteiger partial charge in [0.05, 0.1) is 5.69 Å². The number of sulfonamides is 1. The number of rotatable bonds is 3. The lowest BCUT2D eigenvalue weighted by molar-refractivity contribution is 0.601. The molecule has 1 aromatic heterocycles. The van der Waals surface area contributed by atoms with Gasteiger partial charge in [-0.3, -0.25) is 4.72 Å². The van der Waals surface area contributed by atoms with E-state index in [-0.39, 0.29) is 10.6 Å². The Labute approximate surface area is 116 Å². The number of nitrogens with one attached hydrogen (secondary N) is 1. The first-order chi connectivity index (χ1) is 8.79. The van der Waals surface area contributed by atoms with Crippen molar-refractivity contribution >= 4 is 27.0 Å². The van der Waals surface area contributed by atoms with Gasteiger partial charge in [-0.1, -0.05) is 6.07 Å². The number of anilines is 1. The quantitative estimate of drug-likeness (QED) is 0.941. The molecule has 0 saturated heterocycles. The molecule has 0 atom stereocenters. The van der Waals surface area contributed by atoms with Crippen molar-refractivity contribution in [3.63, 3.8) is 0 Å². The molecule has 3 nitrogen and oxygen atoms in total. The summed E-state index contributed by atoms with van der Waals surface area (Å²) in [7, 11) is -3.67. The highest BCUT2D eigenvalue weighted by molar-refractivity contribution is 7.93. The SMILES string of the molecule is Cc1cc(S(=O)(=O)Nc2cc(F)ccc2C)c(C)s1. The van der Waals surface area contributed by atoms with Crippen LogP contribution >= 0.6 is 11.3 Å². The minimum Gasteiger partial charge on any atom is -0.279 e. The van der Waals surface area contributed by atoms with E-state index < -0.39 is 15.8 Å². The number of halogens is 1. The minimum atomic E-state index is -3.67. The van der Waals surface area contributed by atoms with Gasteiger partial charge in [0.2, 0.25) is 0 Å². The monoisotopic (exact) mass is 299 g/mol. The molecule has 1 aromatic carbocycles. The van der Waals surface area contributed by atoms with Crippen LogP contribution in [0.4, 0.5) is 10.1 Å². The molecule has 0 amide bonds. The van der Waals surface area contributed by atoms with Crippen molar-refractivity contribution in [3.05, 3.63) is 45.4 Å². The van der Waals surface area contributed by atoms with Crippen LogP contribution in [0, 0.1) is 26.6 Å². The van der Waals surface area contributed by atoms with Crippen molar-refractivity contribution in [2.45, 2.75) is 25.7 Å². The first-order valence-corrected chi connectivity index (χ1v) is 7.95. The van der Waals surface area contributed by atoms with Gasteiger partial charge in [0.25, 0.3) is 10.0 Å². The van der Waals surface area contributed by atoms with Crippen molar-refractivity contribution in [2.24, 2.45) is 0 Å². The molecule has 2 rings (SSSR count). The Morgan fingerprint density at radius 3 is 2.42 bits per heavy atom. The van der Waals surface area contributed by atoms with Crippen LogP contribution in [0.25, 0.3) is 0 Å². The van der Waals surface area contributed by atoms with E-state index in [2.05, 4.69) is 4.72 Å². The van der Waals surface area contributed by atoms with Crippen LogP contribution in [-0.4, -0.2) is 8.42 Å². The molecule has 0 unspecified atom stereocenters. The maximum atomic E-state index is 13.2. The number of thiophene rings is 1. The van der Waals surface area contributed by atoms with Crippen molar-refractivity contribution in [2.75, 3.05) is 4.72 Å². The van der Waals surface area contributed by atoms with Gasteiger partial charge in [0.1, 0.15) is 10.7 Å². The maximum Gasteiger partial charge on any atom is 0.263 e. The molecule has 1 N–H and O–H groups in total. The zero-order valence-electron chi connectivity index (χ0n) is 10.8. The minimum absolute atomic E-state index is 0.249. The van der Waals surface area contributed by atoms with Crippen LogP contribution in [0.5, 0.6) is 0 Å². The summed E-state index contributed by atoms with van der Waals surface area (Å²) in [4.78, 5) is 1.89. The molecular weight excluding hydrogens is 285 g/mol. The number of hydrogen-bond acceptors (Lipinski definition) is 3. The van der Waals surface area contributed by atoms with Crippen molar-refractivity contribution in [3.8, 4) is 0 Å². The van der Waals surface area contributed by atoms with Crippen LogP contribution < -0.4 is 4.72 Å². The summed E-state index contributed by atoms with van der Waals surface area (Å²) in [6.07, 6.45) is 0. The Hall–Kier alpha value is -1.40. The molecular formula is C13H14FNO2S2. The van der Waals surface area contributed by atoms with Crippen LogP contribution in [-0.2, 0) is 10.0 Å². The molecule has 6 heteroatoms. The fraction of sp³-hybridized carbons (Fsp3) is 0.231. The third-order valence-electron chi connectivity index (χ3n) is 2.73. The van der Waals surface area contributed by atoms with E-state index in [0.29, 0.717) is 5.56 Å². The van der Waals surface area contributed by atoms with Gasteiger partial charge in [-0.2, -0.15) is 0 Å². The molecule has 0 aliphatic heterocycles. The highest BCUT2D eigenvalue weighted by Gasteiger charge is 2.20. The first kappa shape index (κ1) is 14.0. The van der Waals surface area contributed by atoms with E-state index in [4.69, 9.17) is 0 Å². The lowest BCUT2D eigenvalue weighted by Gasteiger charge is -2.10. The Balaban J connectivity index is 2.42. The topological polar surface area (TPSA) is 46.2 Å². The molecule has 102 valence electrons. The van der Waals surface area contributed by atoms with Gasteiger partial charge >= 0.3 is 0 Å². The molecule has 0 saturated carbocycles. The summed E-state index contributed by atoms with van der Waals surface area (Å²) < 4.78 is 40.2. The van der Waals surface area contributed by atoms with Crippen LogP contribution in [0.3, 0.4) is 0 Å². The van der Waals surface area contributed by atoms with Crippen LogP contribution in [0.1, 0.15) is 15.3 Å². The standard InChI is InChI=1S/C13H14FNO2S2/c1-8-4-5-11(14)7-12(8)15-19(16,17)13-6-9(2)18-10(13)3/h4-7,15H,1-3H3. The van der Waals surface area contributed by atoms with Gasteiger partial charge in [-0.15, -0.1) is 11.3 Å². The van der Waals surface area contributed by atoms with Crippen molar-refractivity contribution in [1.29, 1.82) is 0 Å². The average Bonchev–Trinajstić information content (AvgIpc) is 2.63. The fourth-order valence-electron chi connectivity index (χ4n) is 1.78. The Morgan fingerprint density at radius 2 is 1.84 bits per heavy atom. The average molecular weight is 299 g/mol. The van der Waals surface area contributed by atoms with Crippen molar-refractivity contribution < 1.29 is 12.8 Å². The number of aryl methyl sites for hydroxylation is 3. The highest BCUT2D eigenvalue weighted by atomic mass is 32.2. The summed E-state index contributed by atoms with van der Waals surface area (Å²) in [5.41, 5.74) is 0.942. The summed E-state index contributed by atoms with van der Waals surface area (Å²) in [5, 5.41) is 0. The lowest BCUT2D eigenvalue weighted by atomic mass is 10.2. The fourth-order valence-corrected chi connectivity index (χ4v) is 4.46. The number of hydrogen-bond donors (Lipinski definition) is 1. The largest absolute Gasteiger partial charge is 0.279 e. The molecule has 0 spiro atoms. The molecule has 19 heavy (non-hydrogen) atoms. The second-order valence-electron chi connectivity index (χ2n) is 4.34. The summed E-state index contributed by atoms with van der Waals surface area (Å²) in [6, 6.07) is 5.64. The summed E-state index contributed by atoms with van der Waals surface area (Å²) in [5.74, 6) is -0.471. The predicted molar refractivity (Wildman–Crippen MR) is 75.7 cm³/mol. The van der Waals surface area contributed by atoms with E-state index in [1.165, 1.54) is 23.5 Å². The summed E-state index contributed by atoms with van der Waals surface area (Å²) >= 11 is 1.42. The van der Waals surface area contributed by atoms with Crippen LogP contribution in [0.2, 0.25) is 0 Å². The Morgan fingerprint density at radius 1 is 1.16 bits per heavy atom. The normalized spacial score (nSPS) is 11.6. The van der Waals surface area contributed by atoms with Gasteiger partial charge in [-0.05, 0) is 44.5 Å². The summed E-state index contributed by atoms with van der Waals surface area (Å²) in [6.45, 7) is 5.33. The maximum absolute atomic E-state index is 13.2. The smallest absolute Gasteiger partial charge is 0.263 e. The Kier molecular flexibility index (Phi) is 3.64. The Bertz CT molecular complexity index is 720. The second-order valence-corrected chi connectivity index (χ2v) is 7.45. The van der Waals surface area contributed by atoms with E-state index >= 15 is 0 Å². The molecule has 0 aliphatic carbocycles. The third-order valence-corrected chi connectivity index (χ3v) is 5.32. The van der Waals surface area contributed by atoms with E-state index in [1.54, 1.807) is 26.0 Å². The van der Waals surface area contributed by atoms with Crippen LogP contribution in [0.15, 0.2) is 29.2 Å². The molecule has 2 aromatic rings. The second kappa shape index (κ2) is 4.94. The molecule has 1 heterocycles. The molecule has 0 radical (unpaired) electrons. The van der Waals surface area contributed by atoms with E-state index in [0.717, 1.165) is 9.75 Å². The predicted octanol–water partition coefficient (Wildman–Crippen LogP) is 3.61. The lowest BCUT2D eigenvalue weighted by Crippen LogP contribution is -2.14. The zero-order valence-corrected chi connectivity index (χ0v) is 12.5. The molecule has 0 bridgehead atoms. The zero-order chi connectivity index (χ0) is 14.2.